The lowest BCUT2D eigenvalue weighted by molar-refractivity contribution is 0.0910. The lowest BCUT2D eigenvalue weighted by atomic mass is 9.99. The van der Waals surface area contributed by atoms with Gasteiger partial charge in [-0.25, -0.2) is 0 Å². The third-order valence-electron chi connectivity index (χ3n) is 5.76. The van der Waals surface area contributed by atoms with Crippen molar-refractivity contribution in [1.29, 1.82) is 0 Å². The SMILES string of the molecule is Cc1nn(C)c(C)c1-c1cc(C(=O)NC2CCN3CCCCC23)[nH]n1. The molecular formula is C18H26N6O. The van der Waals surface area contributed by atoms with Crippen LogP contribution in [-0.4, -0.2) is 56.0 Å². The second kappa shape index (κ2) is 6.29. The van der Waals surface area contributed by atoms with Crippen LogP contribution in [-0.2, 0) is 7.05 Å². The van der Waals surface area contributed by atoms with Gasteiger partial charge in [-0.05, 0) is 45.7 Å². The van der Waals surface area contributed by atoms with Crippen molar-refractivity contribution in [1.82, 2.24) is 30.2 Å². The van der Waals surface area contributed by atoms with E-state index < -0.39 is 0 Å². The number of fused-ring (bicyclic) bond motifs is 1. The largest absolute Gasteiger partial charge is 0.346 e. The minimum absolute atomic E-state index is 0.0598. The number of hydrogen-bond donors (Lipinski definition) is 2. The quantitative estimate of drug-likeness (QED) is 0.891. The Morgan fingerprint density at radius 2 is 2.12 bits per heavy atom. The third kappa shape index (κ3) is 2.86. The molecule has 2 aliphatic rings. The van der Waals surface area contributed by atoms with Gasteiger partial charge in [-0.15, -0.1) is 0 Å². The lowest BCUT2D eigenvalue weighted by Gasteiger charge is -2.32. The van der Waals surface area contributed by atoms with Gasteiger partial charge in [0.15, 0.2) is 0 Å². The number of aryl methyl sites for hydroxylation is 2. The molecule has 2 atom stereocenters. The molecule has 7 nitrogen and oxygen atoms in total. The number of nitrogens with one attached hydrogen (secondary N) is 2. The van der Waals surface area contributed by atoms with E-state index in [-0.39, 0.29) is 11.9 Å². The topological polar surface area (TPSA) is 78.8 Å². The maximum Gasteiger partial charge on any atom is 0.269 e. The number of aromatic nitrogens is 4. The maximum atomic E-state index is 12.7. The molecule has 0 aromatic carbocycles. The first-order valence-electron chi connectivity index (χ1n) is 9.15. The molecule has 134 valence electrons. The third-order valence-corrected chi connectivity index (χ3v) is 5.76. The summed E-state index contributed by atoms with van der Waals surface area (Å²) >= 11 is 0. The fourth-order valence-electron chi connectivity index (χ4n) is 4.37. The highest BCUT2D eigenvalue weighted by Crippen LogP contribution is 2.28. The minimum Gasteiger partial charge on any atom is -0.346 e. The van der Waals surface area contributed by atoms with Crippen molar-refractivity contribution in [2.75, 3.05) is 13.1 Å². The van der Waals surface area contributed by atoms with Crippen LogP contribution in [0.25, 0.3) is 11.3 Å². The standard InChI is InChI=1S/C18H26N6O/c1-11-17(12(2)23(3)22-11)14-10-15(21-20-14)18(25)19-13-7-9-24-8-5-4-6-16(13)24/h10,13,16H,4-9H2,1-3H3,(H,19,25)(H,20,21). The molecule has 2 saturated heterocycles. The summed E-state index contributed by atoms with van der Waals surface area (Å²) in [5.41, 5.74) is 4.26. The average molecular weight is 342 g/mol. The Morgan fingerprint density at radius 3 is 2.88 bits per heavy atom. The Bertz CT molecular complexity index is 792. The van der Waals surface area contributed by atoms with E-state index >= 15 is 0 Å². The molecule has 2 unspecified atom stereocenters. The molecular weight excluding hydrogens is 316 g/mol. The first-order chi connectivity index (χ1) is 12.0. The molecule has 1 amide bonds. The zero-order valence-electron chi connectivity index (χ0n) is 15.2. The second-order valence-electron chi connectivity index (χ2n) is 7.30. The van der Waals surface area contributed by atoms with E-state index in [2.05, 4.69) is 25.5 Å². The highest BCUT2D eigenvalue weighted by molar-refractivity contribution is 5.93. The Morgan fingerprint density at radius 1 is 1.28 bits per heavy atom. The van der Waals surface area contributed by atoms with Gasteiger partial charge in [0.25, 0.3) is 5.91 Å². The van der Waals surface area contributed by atoms with Crippen LogP contribution in [0.2, 0.25) is 0 Å². The Kier molecular flexibility index (Phi) is 4.11. The summed E-state index contributed by atoms with van der Waals surface area (Å²) < 4.78 is 1.84. The molecule has 2 fully saturated rings. The predicted octanol–water partition coefficient (Wildman–Crippen LogP) is 1.78. The number of rotatable bonds is 3. The fraction of sp³-hybridized carbons (Fsp3) is 0.611. The van der Waals surface area contributed by atoms with Gasteiger partial charge in [0.1, 0.15) is 5.69 Å². The molecule has 0 bridgehead atoms. The molecule has 0 radical (unpaired) electrons. The number of carbonyl (C=O) groups excluding carboxylic acids is 1. The Labute approximate surface area is 147 Å². The fourth-order valence-corrected chi connectivity index (χ4v) is 4.37. The first kappa shape index (κ1) is 16.3. The summed E-state index contributed by atoms with van der Waals surface area (Å²) in [5.74, 6) is -0.0598. The van der Waals surface area contributed by atoms with Crippen molar-refractivity contribution in [3.63, 3.8) is 0 Å². The number of carbonyl (C=O) groups is 1. The molecule has 4 heterocycles. The monoisotopic (exact) mass is 342 g/mol. The number of hydrogen-bond acceptors (Lipinski definition) is 4. The van der Waals surface area contributed by atoms with Gasteiger partial charge >= 0.3 is 0 Å². The summed E-state index contributed by atoms with van der Waals surface area (Å²) in [6, 6.07) is 2.59. The molecule has 7 heteroatoms. The molecule has 0 spiro atoms. The minimum atomic E-state index is -0.0598. The van der Waals surface area contributed by atoms with Crippen molar-refractivity contribution in [3.8, 4) is 11.3 Å². The molecule has 4 rings (SSSR count). The van der Waals surface area contributed by atoms with E-state index in [1.165, 1.54) is 25.8 Å². The van der Waals surface area contributed by atoms with E-state index in [4.69, 9.17) is 0 Å². The van der Waals surface area contributed by atoms with E-state index in [0.717, 1.165) is 35.6 Å². The van der Waals surface area contributed by atoms with Gasteiger partial charge in [-0.2, -0.15) is 10.2 Å². The normalized spacial score (nSPS) is 23.6. The van der Waals surface area contributed by atoms with Crippen LogP contribution < -0.4 is 5.32 Å². The number of aromatic amines is 1. The number of H-pyrrole nitrogens is 1. The predicted molar refractivity (Wildman–Crippen MR) is 95.3 cm³/mol. The van der Waals surface area contributed by atoms with Crippen LogP contribution in [0.15, 0.2) is 6.07 Å². The summed E-state index contributed by atoms with van der Waals surface area (Å²) in [4.78, 5) is 15.2. The molecule has 2 aromatic rings. The summed E-state index contributed by atoms with van der Waals surface area (Å²) in [7, 11) is 1.92. The van der Waals surface area contributed by atoms with Crippen molar-refractivity contribution in [2.24, 2.45) is 7.05 Å². The van der Waals surface area contributed by atoms with Gasteiger partial charge in [0.05, 0.1) is 11.4 Å². The molecule has 2 aromatic heterocycles. The van der Waals surface area contributed by atoms with Crippen LogP contribution in [0.3, 0.4) is 0 Å². The number of piperidine rings is 1. The van der Waals surface area contributed by atoms with Crippen LogP contribution in [0.5, 0.6) is 0 Å². The lowest BCUT2D eigenvalue weighted by Crippen LogP contribution is -2.46. The average Bonchev–Trinajstić information content (AvgIpc) is 3.28. The Hall–Kier alpha value is -2.15. The Balaban J connectivity index is 1.49. The molecule has 2 N–H and O–H groups in total. The van der Waals surface area contributed by atoms with Crippen LogP contribution in [0.1, 0.15) is 47.6 Å². The zero-order valence-corrected chi connectivity index (χ0v) is 15.2. The van der Waals surface area contributed by atoms with E-state index in [1.807, 2.05) is 31.6 Å². The first-order valence-corrected chi connectivity index (χ1v) is 9.15. The number of nitrogens with zero attached hydrogens (tertiary/aromatic N) is 4. The molecule has 2 aliphatic heterocycles. The summed E-state index contributed by atoms with van der Waals surface area (Å²) in [6.07, 6.45) is 4.78. The molecule has 0 aliphatic carbocycles. The van der Waals surface area contributed by atoms with E-state index in [0.29, 0.717) is 11.7 Å². The van der Waals surface area contributed by atoms with Crippen molar-refractivity contribution in [3.05, 3.63) is 23.1 Å². The van der Waals surface area contributed by atoms with Gasteiger partial charge in [-0.1, -0.05) is 6.42 Å². The molecule has 25 heavy (non-hydrogen) atoms. The number of amides is 1. The van der Waals surface area contributed by atoms with Crippen molar-refractivity contribution < 1.29 is 4.79 Å². The van der Waals surface area contributed by atoms with Crippen molar-refractivity contribution in [2.45, 2.75) is 51.6 Å². The second-order valence-corrected chi connectivity index (χ2v) is 7.30. The van der Waals surface area contributed by atoms with Crippen LogP contribution in [0, 0.1) is 13.8 Å². The highest BCUT2D eigenvalue weighted by atomic mass is 16.2. The van der Waals surface area contributed by atoms with Gasteiger partial charge in [0.2, 0.25) is 0 Å². The summed E-state index contributed by atoms with van der Waals surface area (Å²) in [6.45, 7) is 6.25. The van der Waals surface area contributed by atoms with Gasteiger partial charge < -0.3 is 5.32 Å². The smallest absolute Gasteiger partial charge is 0.269 e. The summed E-state index contributed by atoms with van der Waals surface area (Å²) in [5, 5.41) is 14.9. The highest BCUT2D eigenvalue weighted by Gasteiger charge is 2.36. The maximum absolute atomic E-state index is 12.7. The molecule has 0 saturated carbocycles. The van der Waals surface area contributed by atoms with Crippen LogP contribution in [0.4, 0.5) is 0 Å². The van der Waals surface area contributed by atoms with Crippen molar-refractivity contribution >= 4 is 5.91 Å². The van der Waals surface area contributed by atoms with Crippen LogP contribution >= 0.6 is 0 Å². The van der Waals surface area contributed by atoms with E-state index in [9.17, 15) is 4.79 Å². The van der Waals surface area contributed by atoms with Gasteiger partial charge in [0, 0.05) is 36.9 Å². The van der Waals surface area contributed by atoms with Gasteiger partial charge in [-0.3, -0.25) is 19.5 Å². The van der Waals surface area contributed by atoms with E-state index in [1.54, 1.807) is 0 Å². The zero-order chi connectivity index (χ0) is 17.6.